The normalized spacial score (nSPS) is 16.6. The summed E-state index contributed by atoms with van der Waals surface area (Å²) in [7, 11) is 2.07. The molecule has 0 saturated carbocycles. The average Bonchev–Trinajstić information content (AvgIpc) is 2.20. The van der Waals surface area contributed by atoms with Crippen molar-refractivity contribution in [3.05, 3.63) is 28.2 Å². The zero-order valence-electron chi connectivity index (χ0n) is 9.11. The van der Waals surface area contributed by atoms with Gasteiger partial charge >= 0.3 is 0 Å². The van der Waals surface area contributed by atoms with E-state index in [0.29, 0.717) is 12.5 Å². The highest BCUT2D eigenvalue weighted by Crippen LogP contribution is 2.28. The summed E-state index contributed by atoms with van der Waals surface area (Å²) in [6.45, 7) is 1.96. The number of benzene rings is 1. The summed E-state index contributed by atoms with van der Waals surface area (Å²) in [6, 6.07) is 7.94. The number of hydrogen-bond donors (Lipinski definition) is 0. The number of halogens is 1. The molecular weight excluding hydrogens is 268 g/mol. The number of nitriles is 1. The summed E-state index contributed by atoms with van der Waals surface area (Å²) in [4.78, 5) is 2.21. The van der Waals surface area contributed by atoms with Crippen LogP contribution in [-0.4, -0.2) is 31.1 Å². The third-order valence-electron chi connectivity index (χ3n) is 2.60. The summed E-state index contributed by atoms with van der Waals surface area (Å²) < 4.78 is 6.74. The number of hydrogen-bond acceptors (Lipinski definition) is 3. The van der Waals surface area contributed by atoms with E-state index in [1.165, 1.54) is 0 Å². The topological polar surface area (TPSA) is 36.3 Å². The molecule has 1 aromatic rings. The van der Waals surface area contributed by atoms with Crippen molar-refractivity contribution >= 4 is 15.9 Å². The third kappa shape index (κ3) is 2.55. The van der Waals surface area contributed by atoms with Gasteiger partial charge in [0.1, 0.15) is 11.9 Å². The van der Waals surface area contributed by atoms with Crippen molar-refractivity contribution in [1.82, 2.24) is 4.90 Å². The Morgan fingerprint density at radius 1 is 1.56 bits per heavy atom. The van der Waals surface area contributed by atoms with E-state index < -0.39 is 0 Å². The van der Waals surface area contributed by atoms with Crippen molar-refractivity contribution < 1.29 is 4.74 Å². The van der Waals surface area contributed by atoms with Gasteiger partial charge in [0.15, 0.2) is 0 Å². The van der Waals surface area contributed by atoms with Crippen LogP contribution in [0.4, 0.5) is 0 Å². The Hall–Kier alpha value is -1.05. The maximum Gasteiger partial charge on any atom is 0.134 e. The maximum absolute atomic E-state index is 8.60. The Balaban J connectivity index is 2.02. The van der Waals surface area contributed by atoms with Crippen molar-refractivity contribution in [2.75, 3.05) is 20.1 Å². The minimum absolute atomic E-state index is 0.295. The molecule has 1 aromatic carbocycles. The van der Waals surface area contributed by atoms with Crippen molar-refractivity contribution in [3.63, 3.8) is 0 Å². The predicted octanol–water partition coefficient (Wildman–Crippen LogP) is 2.21. The molecule has 0 radical (unpaired) electrons. The fourth-order valence-electron chi connectivity index (χ4n) is 1.74. The molecule has 4 heteroatoms. The van der Waals surface area contributed by atoms with Crippen molar-refractivity contribution in [1.29, 1.82) is 5.26 Å². The Morgan fingerprint density at radius 2 is 2.31 bits per heavy atom. The average molecular weight is 281 g/mol. The molecule has 1 fully saturated rings. The maximum atomic E-state index is 8.60. The van der Waals surface area contributed by atoms with E-state index in [9.17, 15) is 0 Å². The van der Waals surface area contributed by atoms with Gasteiger partial charge in [0.25, 0.3) is 0 Å². The van der Waals surface area contributed by atoms with Crippen LogP contribution in [0.15, 0.2) is 22.7 Å². The molecule has 0 bridgehead atoms. The number of rotatable bonds is 3. The van der Waals surface area contributed by atoms with E-state index in [0.717, 1.165) is 28.9 Å². The summed E-state index contributed by atoms with van der Waals surface area (Å²) in [6.07, 6.45) is 0.730. The van der Waals surface area contributed by atoms with Gasteiger partial charge in [0, 0.05) is 13.1 Å². The van der Waals surface area contributed by atoms with Crippen LogP contribution >= 0.6 is 15.9 Å². The molecule has 0 aromatic heterocycles. The van der Waals surface area contributed by atoms with E-state index in [1.807, 2.05) is 18.2 Å². The van der Waals surface area contributed by atoms with Crippen LogP contribution in [0.2, 0.25) is 0 Å². The Labute approximate surface area is 104 Å². The lowest BCUT2D eigenvalue weighted by molar-refractivity contribution is 0.0383. The van der Waals surface area contributed by atoms with Crippen LogP contribution < -0.4 is 4.74 Å². The van der Waals surface area contributed by atoms with E-state index in [4.69, 9.17) is 10.00 Å². The van der Waals surface area contributed by atoms with Gasteiger partial charge in [-0.05, 0) is 40.7 Å². The van der Waals surface area contributed by atoms with Crippen molar-refractivity contribution in [2.45, 2.75) is 12.5 Å². The lowest BCUT2D eigenvalue weighted by Gasteiger charge is -2.36. The van der Waals surface area contributed by atoms with Crippen LogP contribution in [0.1, 0.15) is 5.56 Å². The summed E-state index contributed by atoms with van der Waals surface area (Å²) in [5.41, 5.74) is 1.01. The monoisotopic (exact) mass is 280 g/mol. The van der Waals surface area contributed by atoms with E-state index in [1.54, 1.807) is 0 Å². The van der Waals surface area contributed by atoms with Crippen LogP contribution in [0.3, 0.4) is 0 Å². The molecule has 1 aliphatic heterocycles. The van der Waals surface area contributed by atoms with Gasteiger partial charge in [-0.25, -0.2) is 0 Å². The summed E-state index contributed by atoms with van der Waals surface area (Å²) in [5, 5.41) is 8.60. The SMILES string of the molecule is CN1CC(Oc2ccc(CC#N)cc2Br)C1. The van der Waals surface area contributed by atoms with Crippen LogP contribution in [0.5, 0.6) is 5.75 Å². The minimum atomic E-state index is 0.295. The van der Waals surface area contributed by atoms with Crippen LogP contribution in [0, 0.1) is 11.3 Å². The van der Waals surface area contributed by atoms with Gasteiger partial charge in [0.2, 0.25) is 0 Å². The highest BCUT2D eigenvalue weighted by Gasteiger charge is 2.25. The highest BCUT2D eigenvalue weighted by molar-refractivity contribution is 9.10. The fraction of sp³-hybridized carbons (Fsp3) is 0.417. The van der Waals surface area contributed by atoms with E-state index >= 15 is 0 Å². The quantitative estimate of drug-likeness (QED) is 0.852. The van der Waals surface area contributed by atoms with Crippen LogP contribution in [0.25, 0.3) is 0 Å². The second-order valence-electron chi connectivity index (χ2n) is 4.06. The molecule has 3 nitrogen and oxygen atoms in total. The van der Waals surface area contributed by atoms with Crippen LogP contribution in [-0.2, 0) is 6.42 Å². The van der Waals surface area contributed by atoms with Gasteiger partial charge in [-0.1, -0.05) is 6.07 Å². The van der Waals surface area contributed by atoms with E-state index in [2.05, 4.69) is 33.9 Å². The van der Waals surface area contributed by atoms with Gasteiger partial charge in [-0.3, -0.25) is 4.90 Å². The largest absolute Gasteiger partial charge is 0.487 e. The fourth-order valence-corrected chi connectivity index (χ4v) is 2.26. The first-order valence-electron chi connectivity index (χ1n) is 5.19. The molecule has 84 valence electrons. The Kier molecular flexibility index (Phi) is 3.47. The van der Waals surface area contributed by atoms with Gasteiger partial charge in [-0.2, -0.15) is 5.26 Å². The number of nitrogens with zero attached hydrogens (tertiary/aromatic N) is 2. The zero-order valence-corrected chi connectivity index (χ0v) is 10.7. The second-order valence-corrected chi connectivity index (χ2v) is 4.92. The summed E-state index contributed by atoms with van der Waals surface area (Å²) >= 11 is 3.47. The summed E-state index contributed by atoms with van der Waals surface area (Å²) in [5.74, 6) is 0.861. The Bertz CT molecular complexity index is 422. The second kappa shape index (κ2) is 4.86. The molecule has 1 saturated heterocycles. The molecular formula is C12H13BrN2O. The molecule has 1 heterocycles. The molecule has 0 spiro atoms. The Morgan fingerprint density at radius 3 is 2.88 bits per heavy atom. The molecule has 0 atom stereocenters. The smallest absolute Gasteiger partial charge is 0.134 e. The standard InChI is InChI=1S/C12H13BrN2O/c1-15-7-10(8-15)16-12-3-2-9(4-5-14)6-11(12)13/h2-3,6,10H,4,7-8H2,1H3. The first kappa shape index (κ1) is 11.4. The number of likely N-dealkylation sites (N-methyl/N-ethyl adjacent to an activating group) is 1. The lowest BCUT2D eigenvalue weighted by atomic mass is 10.1. The van der Waals surface area contributed by atoms with Crippen molar-refractivity contribution in [2.24, 2.45) is 0 Å². The number of ether oxygens (including phenoxy) is 1. The highest BCUT2D eigenvalue weighted by atomic mass is 79.9. The predicted molar refractivity (Wildman–Crippen MR) is 65.4 cm³/mol. The first-order valence-corrected chi connectivity index (χ1v) is 5.99. The van der Waals surface area contributed by atoms with Gasteiger partial charge < -0.3 is 4.74 Å². The minimum Gasteiger partial charge on any atom is -0.487 e. The van der Waals surface area contributed by atoms with Crippen molar-refractivity contribution in [3.8, 4) is 11.8 Å². The third-order valence-corrected chi connectivity index (χ3v) is 3.22. The zero-order chi connectivity index (χ0) is 11.5. The lowest BCUT2D eigenvalue weighted by Crippen LogP contribution is -2.51. The molecule has 0 aliphatic carbocycles. The molecule has 1 aliphatic rings. The molecule has 16 heavy (non-hydrogen) atoms. The van der Waals surface area contributed by atoms with Gasteiger partial charge in [-0.15, -0.1) is 0 Å². The van der Waals surface area contributed by atoms with Gasteiger partial charge in [0.05, 0.1) is 17.0 Å². The number of likely N-dealkylation sites (tertiary alicyclic amines) is 1. The molecule has 0 amide bonds. The molecule has 0 unspecified atom stereocenters. The molecule has 2 rings (SSSR count). The van der Waals surface area contributed by atoms with E-state index in [-0.39, 0.29) is 0 Å². The first-order chi connectivity index (χ1) is 7.69. The molecule has 0 N–H and O–H groups in total.